The molecule has 0 aliphatic carbocycles. The summed E-state index contributed by atoms with van der Waals surface area (Å²) in [6, 6.07) is 11.1. The Morgan fingerprint density at radius 1 is 0.969 bits per heavy atom. The number of halogens is 1. The molecule has 2 aromatic rings. The van der Waals surface area contributed by atoms with Gasteiger partial charge in [0.15, 0.2) is 6.61 Å². The van der Waals surface area contributed by atoms with E-state index in [1.807, 2.05) is 0 Å². The van der Waals surface area contributed by atoms with Gasteiger partial charge in [-0.15, -0.1) is 0 Å². The number of benzene rings is 2. The zero-order valence-corrected chi connectivity index (χ0v) is 19.9. The monoisotopic (exact) mass is 506 g/mol. The van der Waals surface area contributed by atoms with Crippen LogP contribution in [0.15, 0.2) is 46.9 Å². The molecule has 172 valence electrons. The molecule has 0 radical (unpaired) electrons. The molecule has 2 amide bonds. The first-order valence-electron chi connectivity index (χ1n) is 10.2. The minimum atomic E-state index is -0.541. The number of hydrogen-bond acceptors (Lipinski definition) is 6. The number of carbonyl (C=O) groups excluding carboxylic acids is 3. The Morgan fingerprint density at radius 3 is 2.28 bits per heavy atom. The molecule has 0 saturated heterocycles. The molecule has 0 bridgehead atoms. The van der Waals surface area contributed by atoms with Gasteiger partial charge in [0, 0.05) is 5.56 Å². The minimum Gasteiger partial charge on any atom is -0.492 e. The van der Waals surface area contributed by atoms with E-state index in [1.54, 1.807) is 49.4 Å². The highest BCUT2D eigenvalue weighted by atomic mass is 79.9. The third-order valence-corrected chi connectivity index (χ3v) is 4.82. The lowest BCUT2D eigenvalue weighted by molar-refractivity contribution is -0.123. The van der Waals surface area contributed by atoms with Crippen molar-refractivity contribution in [3.8, 4) is 11.5 Å². The molecule has 0 spiro atoms. The normalized spacial score (nSPS) is 10.4. The van der Waals surface area contributed by atoms with Crippen molar-refractivity contribution in [2.75, 3.05) is 19.8 Å². The van der Waals surface area contributed by atoms with Gasteiger partial charge in [0.25, 0.3) is 11.8 Å². The van der Waals surface area contributed by atoms with E-state index in [0.717, 1.165) is 6.42 Å². The molecule has 0 saturated carbocycles. The van der Waals surface area contributed by atoms with Crippen molar-refractivity contribution in [1.82, 2.24) is 10.9 Å². The average Bonchev–Trinajstić information content (AvgIpc) is 2.77. The van der Waals surface area contributed by atoms with E-state index in [-0.39, 0.29) is 13.2 Å². The Labute approximate surface area is 195 Å². The fourth-order valence-electron chi connectivity index (χ4n) is 2.45. The molecule has 0 heterocycles. The van der Waals surface area contributed by atoms with Crippen LogP contribution in [0.1, 0.15) is 47.9 Å². The Kier molecular flexibility index (Phi) is 10.0. The Bertz CT molecular complexity index is 931. The van der Waals surface area contributed by atoms with E-state index in [9.17, 15) is 14.4 Å². The van der Waals surface area contributed by atoms with Gasteiger partial charge in [-0.1, -0.05) is 13.8 Å². The molecule has 0 aromatic heterocycles. The van der Waals surface area contributed by atoms with Gasteiger partial charge in [-0.05, 0) is 77.7 Å². The standard InChI is InChI=1S/C23H27BrN2O6/c1-4-30-23(29)16-5-8-18(9-6-16)32-14-21(27)25-26-22(28)17-7-10-20(19(24)13-17)31-12-11-15(2)3/h5-10,13,15H,4,11-12,14H2,1-3H3,(H,25,27)(H,26,28). The van der Waals surface area contributed by atoms with E-state index in [4.69, 9.17) is 14.2 Å². The SMILES string of the molecule is CCOC(=O)c1ccc(OCC(=O)NNC(=O)c2ccc(OCCC(C)C)c(Br)c2)cc1. The molecule has 2 rings (SSSR count). The summed E-state index contributed by atoms with van der Waals surface area (Å²) in [5.74, 6) is 0.133. The first kappa shape index (κ1) is 25.2. The van der Waals surface area contributed by atoms with Crippen LogP contribution < -0.4 is 20.3 Å². The summed E-state index contributed by atoms with van der Waals surface area (Å²) in [6.45, 7) is 6.52. The van der Waals surface area contributed by atoms with E-state index in [0.29, 0.717) is 39.6 Å². The summed E-state index contributed by atoms with van der Waals surface area (Å²) in [6.07, 6.45) is 0.929. The van der Waals surface area contributed by atoms with Gasteiger partial charge in [-0.3, -0.25) is 20.4 Å². The van der Waals surface area contributed by atoms with Crippen molar-refractivity contribution in [1.29, 1.82) is 0 Å². The van der Waals surface area contributed by atoms with Crippen molar-refractivity contribution in [2.24, 2.45) is 5.92 Å². The molecule has 9 heteroatoms. The highest BCUT2D eigenvalue weighted by Gasteiger charge is 2.12. The predicted octanol–water partition coefficient (Wildman–Crippen LogP) is 3.89. The van der Waals surface area contributed by atoms with Gasteiger partial charge in [0.1, 0.15) is 11.5 Å². The smallest absolute Gasteiger partial charge is 0.338 e. The predicted molar refractivity (Wildman–Crippen MR) is 123 cm³/mol. The van der Waals surface area contributed by atoms with Crippen LogP contribution in [-0.2, 0) is 9.53 Å². The molecule has 0 unspecified atom stereocenters. The van der Waals surface area contributed by atoms with Crippen LogP contribution >= 0.6 is 15.9 Å². The van der Waals surface area contributed by atoms with Crippen LogP contribution in [0.5, 0.6) is 11.5 Å². The number of ether oxygens (including phenoxy) is 3. The van der Waals surface area contributed by atoms with Crippen LogP contribution in [0, 0.1) is 5.92 Å². The highest BCUT2D eigenvalue weighted by Crippen LogP contribution is 2.26. The second-order valence-corrected chi connectivity index (χ2v) is 8.07. The van der Waals surface area contributed by atoms with E-state index in [1.165, 1.54) is 0 Å². The first-order chi connectivity index (χ1) is 15.3. The Morgan fingerprint density at radius 2 is 1.66 bits per heavy atom. The third kappa shape index (κ3) is 8.22. The first-order valence-corrected chi connectivity index (χ1v) is 11.0. The molecule has 0 fully saturated rings. The fourth-order valence-corrected chi connectivity index (χ4v) is 2.94. The minimum absolute atomic E-state index is 0.288. The summed E-state index contributed by atoms with van der Waals surface area (Å²) < 4.78 is 16.6. The molecular formula is C23H27BrN2O6. The lowest BCUT2D eigenvalue weighted by atomic mass is 10.1. The summed E-state index contributed by atoms with van der Waals surface area (Å²) in [7, 11) is 0. The summed E-state index contributed by atoms with van der Waals surface area (Å²) >= 11 is 3.39. The molecule has 8 nitrogen and oxygen atoms in total. The Hall–Kier alpha value is -3.07. The quantitative estimate of drug-likeness (QED) is 0.374. The molecule has 2 aromatic carbocycles. The summed E-state index contributed by atoms with van der Waals surface area (Å²) in [5.41, 5.74) is 5.37. The number of amides is 2. The third-order valence-electron chi connectivity index (χ3n) is 4.20. The lowest BCUT2D eigenvalue weighted by Gasteiger charge is -2.12. The van der Waals surface area contributed by atoms with Crippen molar-refractivity contribution in [3.05, 3.63) is 58.1 Å². The number of nitrogens with one attached hydrogen (secondary N) is 2. The number of carbonyl (C=O) groups is 3. The van der Waals surface area contributed by atoms with E-state index < -0.39 is 17.8 Å². The largest absolute Gasteiger partial charge is 0.492 e. The highest BCUT2D eigenvalue weighted by molar-refractivity contribution is 9.10. The topological polar surface area (TPSA) is 103 Å². The average molecular weight is 507 g/mol. The van der Waals surface area contributed by atoms with Gasteiger partial charge in [-0.2, -0.15) is 0 Å². The van der Waals surface area contributed by atoms with Crippen LogP contribution in [0.4, 0.5) is 0 Å². The van der Waals surface area contributed by atoms with Gasteiger partial charge >= 0.3 is 5.97 Å². The van der Waals surface area contributed by atoms with Crippen molar-refractivity contribution < 1.29 is 28.6 Å². The number of hydrogen-bond donors (Lipinski definition) is 2. The van der Waals surface area contributed by atoms with Crippen LogP contribution in [0.3, 0.4) is 0 Å². The molecule has 0 aliphatic heterocycles. The maximum Gasteiger partial charge on any atom is 0.338 e. The van der Waals surface area contributed by atoms with Gasteiger partial charge in [-0.25, -0.2) is 4.79 Å². The number of hydrazine groups is 1. The Balaban J connectivity index is 1.78. The van der Waals surface area contributed by atoms with Crippen molar-refractivity contribution >= 4 is 33.7 Å². The molecule has 0 aliphatic rings. The summed E-state index contributed by atoms with van der Waals surface area (Å²) in [4.78, 5) is 35.8. The number of rotatable bonds is 10. The van der Waals surface area contributed by atoms with Crippen LogP contribution in [-0.4, -0.2) is 37.6 Å². The maximum absolute atomic E-state index is 12.3. The lowest BCUT2D eigenvalue weighted by Crippen LogP contribution is -2.43. The summed E-state index contributed by atoms with van der Waals surface area (Å²) in [5, 5.41) is 0. The fraction of sp³-hybridized carbons (Fsp3) is 0.348. The van der Waals surface area contributed by atoms with Gasteiger partial charge in [0.2, 0.25) is 0 Å². The van der Waals surface area contributed by atoms with Crippen molar-refractivity contribution in [3.63, 3.8) is 0 Å². The number of esters is 1. The second kappa shape index (κ2) is 12.7. The zero-order chi connectivity index (χ0) is 23.5. The zero-order valence-electron chi connectivity index (χ0n) is 18.3. The van der Waals surface area contributed by atoms with Crippen molar-refractivity contribution in [2.45, 2.75) is 27.2 Å². The molecule has 32 heavy (non-hydrogen) atoms. The van der Waals surface area contributed by atoms with E-state index >= 15 is 0 Å². The second-order valence-electron chi connectivity index (χ2n) is 7.21. The van der Waals surface area contributed by atoms with Gasteiger partial charge in [0.05, 0.1) is 23.2 Å². The van der Waals surface area contributed by atoms with Crippen LogP contribution in [0.25, 0.3) is 0 Å². The van der Waals surface area contributed by atoms with Crippen LogP contribution in [0.2, 0.25) is 0 Å². The molecular weight excluding hydrogens is 480 g/mol. The maximum atomic E-state index is 12.3. The molecule has 2 N–H and O–H groups in total. The molecule has 0 atom stereocenters. The van der Waals surface area contributed by atoms with Gasteiger partial charge < -0.3 is 14.2 Å². The van der Waals surface area contributed by atoms with E-state index in [2.05, 4.69) is 40.6 Å².